The topological polar surface area (TPSA) is 98.1 Å². The Bertz CT molecular complexity index is 213. The minimum atomic E-state index is -0.120. The van der Waals surface area contributed by atoms with Gasteiger partial charge in [0.15, 0.2) is 0 Å². The molecular weight excluding hydrogens is 184 g/mol. The van der Waals surface area contributed by atoms with Crippen molar-refractivity contribution in [1.82, 2.24) is 5.32 Å². The molecule has 6 heteroatoms. The maximum absolute atomic E-state index is 11.1. The molecule has 1 atom stereocenters. The molecule has 2 N–H and O–H groups in total. The van der Waals surface area contributed by atoms with Crippen molar-refractivity contribution in [2.75, 3.05) is 13.2 Å². The molecule has 14 heavy (non-hydrogen) atoms. The van der Waals surface area contributed by atoms with Crippen molar-refractivity contribution >= 4 is 5.91 Å². The highest BCUT2D eigenvalue weighted by Gasteiger charge is 2.06. The fourth-order valence-corrected chi connectivity index (χ4v) is 0.998. The van der Waals surface area contributed by atoms with E-state index in [1.807, 2.05) is 6.92 Å². The second-order valence-corrected chi connectivity index (χ2v) is 2.88. The summed E-state index contributed by atoms with van der Waals surface area (Å²) >= 11 is 0. The number of nitrogens with one attached hydrogen (secondary N) is 1. The average Bonchev–Trinajstić information content (AvgIpc) is 2.21. The molecular formula is C8H16N4O2. The van der Waals surface area contributed by atoms with Crippen molar-refractivity contribution in [3.63, 3.8) is 0 Å². The molecule has 6 nitrogen and oxygen atoms in total. The van der Waals surface area contributed by atoms with E-state index in [-0.39, 0.29) is 25.1 Å². The zero-order valence-corrected chi connectivity index (χ0v) is 8.31. The van der Waals surface area contributed by atoms with Crippen LogP contribution in [0.3, 0.4) is 0 Å². The molecule has 0 aliphatic carbocycles. The number of hydrogen-bond donors (Lipinski definition) is 2. The SMILES string of the molecule is CCC(CCC(=O)NCCO)N=[N+]=[N-]. The van der Waals surface area contributed by atoms with Gasteiger partial charge >= 0.3 is 0 Å². The zero-order valence-electron chi connectivity index (χ0n) is 8.31. The minimum Gasteiger partial charge on any atom is -0.395 e. The van der Waals surface area contributed by atoms with Crippen molar-refractivity contribution < 1.29 is 9.90 Å². The van der Waals surface area contributed by atoms with Gasteiger partial charge in [0, 0.05) is 23.9 Å². The second kappa shape index (κ2) is 8.34. The fourth-order valence-electron chi connectivity index (χ4n) is 0.998. The Morgan fingerprint density at radius 3 is 2.93 bits per heavy atom. The molecule has 0 radical (unpaired) electrons. The third kappa shape index (κ3) is 6.28. The van der Waals surface area contributed by atoms with Crippen LogP contribution in [-0.4, -0.2) is 30.2 Å². The standard InChI is InChI=1S/C8H16N4O2/c1-2-7(11-12-9)3-4-8(14)10-5-6-13/h7,13H,2-6H2,1H3,(H,10,14). The highest BCUT2D eigenvalue weighted by atomic mass is 16.3. The average molecular weight is 200 g/mol. The van der Waals surface area contributed by atoms with Crippen LogP contribution in [-0.2, 0) is 4.79 Å². The molecule has 0 aliphatic heterocycles. The summed E-state index contributed by atoms with van der Waals surface area (Å²) in [5.74, 6) is -0.120. The number of nitrogens with zero attached hydrogens (tertiary/aromatic N) is 3. The Morgan fingerprint density at radius 2 is 2.43 bits per heavy atom. The third-order valence-electron chi connectivity index (χ3n) is 1.82. The van der Waals surface area contributed by atoms with E-state index in [9.17, 15) is 4.79 Å². The number of azide groups is 1. The van der Waals surface area contributed by atoms with Crippen molar-refractivity contribution in [2.24, 2.45) is 5.11 Å². The summed E-state index contributed by atoms with van der Waals surface area (Å²) in [6.45, 7) is 2.13. The number of rotatable bonds is 7. The maximum atomic E-state index is 11.1. The summed E-state index contributed by atoms with van der Waals surface area (Å²) in [4.78, 5) is 13.8. The predicted molar refractivity (Wildman–Crippen MR) is 52.6 cm³/mol. The first kappa shape index (κ1) is 12.7. The van der Waals surface area contributed by atoms with E-state index >= 15 is 0 Å². The van der Waals surface area contributed by atoms with Gasteiger partial charge in [-0.15, -0.1) is 0 Å². The molecule has 1 unspecified atom stereocenters. The van der Waals surface area contributed by atoms with Crippen LogP contribution in [0.15, 0.2) is 5.11 Å². The minimum absolute atomic E-state index is 0.0563. The molecule has 0 spiro atoms. The molecule has 0 saturated carbocycles. The number of aliphatic hydroxyl groups excluding tert-OH is 1. The fraction of sp³-hybridized carbons (Fsp3) is 0.875. The van der Waals surface area contributed by atoms with Crippen LogP contribution in [0.4, 0.5) is 0 Å². The molecule has 0 rings (SSSR count). The van der Waals surface area contributed by atoms with Gasteiger partial charge in [-0.25, -0.2) is 0 Å². The maximum Gasteiger partial charge on any atom is 0.220 e. The molecule has 0 bridgehead atoms. The predicted octanol–water partition coefficient (Wildman–Crippen LogP) is 0.964. The molecule has 0 aromatic carbocycles. The summed E-state index contributed by atoms with van der Waals surface area (Å²) in [5, 5.41) is 14.5. The van der Waals surface area contributed by atoms with Crippen LogP contribution in [0.2, 0.25) is 0 Å². The molecule has 0 fully saturated rings. The monoisotopic (exact) mass is 200 g/mol. The Labute approximate surface area is 82.9 Å². The number of carbonyl (C=O) groups excluding carboxylic acids is 1. The number of aliphatic hydroxyl groups is 1. The Hall–Kier alpha value is -1.26. The first-order valence-electron chi connectivity index (χ1n) is 4.66. The van der Waals surface area contributed by atoms with Gasteiger partial charge in [-0.1, -0.05) is 12.0 Å². The van der Waals surface area contributed by atoms with Crippen LogP contribution < -0.4 is 5.32 Å². The molecule has 1 amide bonds. The lowest BCUT2D eigenvalue weighted by atomic mass is 10.1. The van der Waals surface area contributed by atoms with Crippen molar-refractivity contribution in [3.05, 3.63) is 10.4 Å². The largest absolute Gasteiger partial charge is 0.395 e. The molecule has 0 aliphatic rings. The van der Waals surface area contributed by atoms with Crippen LogP contribution in [0.1, 0.15) is 26.2 Å². The lowest BCUT2D eigenvalue weighted by Gasteiger charge is -2.07. The summed E-state index contributed by atoms with van der Waals surface area (Å²) in [7, 11) is 0. The van der Waals surface area contributed by atoms with E-state index in [2.05, 4.69) is 15.3 Å². The van der Waals surface area contributed by atoms with Crippen molar-refractivity contribution in [1.29, 1.82) is 0 Å². The van der Waals surface area contributed by atoms with Crippen molar-refractivity contribution in [2.45, 2.75) is 32.2 Å². The van der Waals surface area contributed by atoms with Crippen LogP contribution in [0.25, 0.3) is 10.4 Å². The summed E-state index contributed by atoms with van der Waals surface area (Å²) in [5.41, 5.74) is 8.20. The van der Waals surface area contributed by atoms with Gasteiger partial charge in [-0.3, -0.25) is 4.79 Å². The van der Waals surface area contributed by atoms with Gasteiger partial charge in [0.1, 0.15) is 0 Å². The zero-order chi connectivity index (χ0) is 10.8. The lowest BCUT2D eigenvalue weighted by Crippen LogP contribution is -2.26. The first-order valence-corrected chi connectivity index (χ1v) is 4.66. The third-order valence-corrected chi connectivity index (χ3v) is 1.82. The van der Waals surface area contributed by atoms with E-state index in [1.165, 1.54) is 0 Å². The molecule has 0 saturated heterocycles. The van der Waals surface area contributed by atoms with Gasteiger partial charge < -0.3 is 10.4 Å². The van der Waals surface area contributed by atoms with E-state index in [1.54, 1.807) is 0 Å². The van der Waals surface area contributed by atoms with E-state index < -0.39 is 0 Å². The van der Waals surface area contributed by atoms with Crippen LogP contribution in [0, 0.1) is 0 Å². The van der Waals surface area contributed by atoms with Crippen molar-refractivity contribution in [3.8, 4) is 0 Å². The van der Waals surface area contributed by atoms with Gasteiger partial charge in [0.2, 0.25) is 5.91 Å². The van der Waals surface area contributed by atoms with E-state index in [0.29, 0.717) is 12.8 Å². The number of hydrogen-bond acceptors (Lipinski definition) is 3. The van der Waals surface area contributed by atoms with E-state index in [0.717, 1.165) is 6.42 Å². The van der Waals surface area contributed by atoms with E-state index in [4.69, 9.17) is 10.6 Å². The molecule has 0 aromatic rings. The quantitative estimate of drug-likeness (QED) is 0.363. The smallest absolute Gasteiger partial charge is 0.220 e. The first-order chi connectivity index (χ1) is 6.74. The highest BCUT2D eigenvalue weighted by Crippen LogP contribution is 2.06. The highest BCUT2D eigenvalue weighted by molar-refractivity contribution is 5.75. The Morgan fingerprint density at radius 1 is 1.71 bits per heavy atom. The van der Waals surface area contributed by atoms with Gasteiger partial charge in [0.25, 0.3) is 0 Å². The van der Waals surface area contributed by atoms with Gasteiger partial charge in [0.05, 0.1) is 6.61 Å². The second-order valence-electron chi connectivity index (χ2n) is 2.88. The molecule has 0 heterocycles. The number of amides is 1. The van der Waals surface area contributed by atoms with Gasteiger partial charge in [-0.2, -0.15) is 0 Å². The summed E-state index contributed by atoms with van der Waals surface area (Å²) in [6.07, 6.45) is 1.62. The summed E-state index contributed by atoms with van der Waals surface area (Å²) in [6, 6.07) is -0.111. The Kier molecular flexibility index (Phi) is 7.59. The molecule has 0 aromatic heterocycles. The molecule has 80 valence electrons. The summed E-state index contributed by atoms with van der Waals surface area (Å²) < 4.78 is 0. The van der Waals surface area contributed by atoms with Gasteiger partial charge in [-0.05, 0) is 18.4 Å². The number of carbonyl (C=O) groups is 1. The lowest BCUT2D eigenvalue weighted by molar-refractivity contribution is -0.121. The van der Waals surface area contributed by atoms with Crippen LogP contribution >= 0.6 is 0 Å². The normalized spacial score (nSPS) is 11.6. The van der Waals surface area contributed by atoms with Crippen LogP contribution in [0.5, 0.6) is 0 Å². The Balaban J connectivity index is 3.68.